The Kier molecular flexibility index (Phi) is 11.8. The van der Waals surface area contributed by atoms with Crippen molar-refractivity contribution in [1.29, 1.82) is 0 Å². The molecule has 0 radical (unpaired) electrons. The fraction of sp³-hybridized carbons (Fsp3) is 0.447. The molecule has 2 fully saturated rings. The van der Waals surface area contributed by atoms with Crippen molar-refractivity contribution in [2.75, 3.05) is 36.6 Å². The second-order valence-corrected chi connectivity index (χ2v) is 21.2. The van der Waals surface area contributed by atoms with Crippen LogP contribution < -0.4 is 25.7 Å². The summed E-state index contributed by atoms with van der Waals surface area (Å²) in [6.45, 7) is 7.53. The van der Waals surface area contributed by atoms with Crippen LogP contribution in [0.25, 0.3) is 0 Å². The van der Waals surface area contributed by atoms with Gasteiger partial charge in [-0.2, -0.15) is 9.29 Å². The molecule has 13 nitrogen and oxygen atoms in total. The fourth-order valence-corrected chi connectivity index (χ4v) is 14.4. The van der Waals surface area contributed by atoms with Crippen LogP contribution in [0.2, 0.25) is 5.04 Å². The largest absolute Gasteiger partial charge is 0.480 e. The Morgan fingerprint density at radius 2 is 1.60 bits per heavy atom. The lowest BCUT2D eigenvalue weighted by Gasteiger charge is -2.46. The lowest BCUT2D eigenvalue weighted by molar-refractivity contribution is -0.384. The van der Waals surface area contributed by atoms with Gasteiger partial charge in [-0.15, -0.1) is 0 Å². The summed E-state index contributed by atoms with van der Waals surface area (Å²) in [5.74, 6) is 0.644. The first-order chi connectivity index (χ1) is 25.4. The minimum atomic E-state index is -3.56. The molecule has 0 amide bonds. The number of anilines is 3. The van der Waals surface area contributed by atoms with Gasteiger partial charge in [0.1, 0.15) is 11.9 Å². The third kappa shape index (κ3) is 8.69. The van der Waals surface area contributed by atoms with Gasteiger partial charge in [-0.3, -0.25) is 10.1 Å². The number of methoxy groups -OCH3 is 1. The molecule has 4 aromatic rings. The second-order valence-electron chi connectivity index (χ2n) is 14.9. The van der Waals surface area contributed by atoms with E-state index < -0.39 is 23.3 Å². The Bertz CT molecular complexity index is 1920. The Hall–Kier alpha value is -4.44. The second kappa shape index (κ2) is 16.3. The van der Waals surface area contributed by atoms with Gasteiger partial charge in [-0.05, 0) is 72.0 Å². The molecule has 0 bridgehead atoms. The van der Waals surface area contributed by atoms with Crippen molar-refractivity contribution < 1.29 is 22.5 Å². The van der Waals surface area contributed by atoms with Crippen molar-refractivity contribution in [1.82, 2.24) is 19.3 Å². The summed E-state index contributed by atoms with van der Waals surface area (Å²) >= 11 is 0. The van der Waals surface area contributed by atoms with E-state index in [4.69, 9.17) is 9.16 Å². The third-order valence-corrected chi connectivity index (χ3v) is 17.4. The van der Waals surface area contributed by atoms with Crippen molar-refractivity contribution in [2.24, 2.45) is 5.92 Å². The number of aromatic nitrogens is 3. The molecule has 15 heteroatoms. The number of piperidine rings is 1. The quantitative estimate of drug-likeness (QED) is 0.0953. The van der Waals surface area contributed by atoms with E-state index in [0.29, 0.717) is 50.3 Å². The average Bonchev–Trinajstić information content (AvgIpc) is 3.15. The van der Waals surface area contributed by atoms with Crippen LogP contribution in [-0.4, -0.2) is 79.0 Å². The van der Waals surface area contributed by atoms with Crippen LogP contribution in [0.5, 0.6) is 5.88 Å². The van der Waals surface area contributed by atoms with E-state index in [1.165, 1.54) is 23.7 Å². The van der Waals surface area contributed by atoms with Crippen molar-refractivity contribution in [3.8, 4) is 5.88 Å². The predicted octanol–water partition coefficient (Wildman–Crippen LogP) is 5.87. The standard InChI is InChI=1S/C38H49N7O6SSi/c1-38(2,3)53(31-14-7-5-8-15-31,32-16-9-6-10-17-32)51-30-13-12-24-44(26-30)52(48,49)27-28-19-21-29(22-20-28)41-35-34(45(46)47)25-40-37(43-35)42-33-18-11-23-39-36(33)50-4/h5-11,14-18,23,25,28-30H,12-13,19-22,24,26-27H2,1-4H3,(H2,40,41,42,43)/t28-,29-,30?. The number of hydrogen-bond acceptors (Lipinski definition) is 11. The first kappa shape index (κ1) is 38.3. The molecule has 1 atom stereocenters. The van der Waals surface area contributed by atoms with E-state index >= 15 is 0 Å². The van der Waals surface area contributed by atoms with Crippen LogP contribution in [0.15, 0.2) is 85.2 Å². The number of nitro groups is 1. The zero-order valence-electron chi connectivity index (χ0n) is 30.8. The summed E-state index contributed by atoms with van der Waals surface area (Å²) in [5.41, 5.74) is 0.282. The van der Waals surface area contributed by atoms with E-state index in [0.717, 1.165) is 12.8 Å². The third-order valence-electron chi connectivity index (χ3n) is 10.3. The first-order valence-corrected chi connectivity index (χ1v) is 21.7. The van der Waals surface area contributed by atoms with E-state index in [-0.39, 0.29) is 46.3 Å². The normalized spacial score (nSPS) is 20.0. The highest BCUT2D eigenvalue weighted by Gasteiger charge is 2.52. The van der Waals surface area contributed by atoms with E-state index in [2.05, 4.69) is 94.9 Å². The molecule has 0 spiro atoms. The summed E-state index contributed by atoms with van der Waals surface area (Å²) in [4.78, 5) is 24.0. The number of pyridine rings is 1. The molecule has 1 saturated heterocycles. The zero-order valence-corrected chi connectivity index (χ0v) is 32.6. The fourth-order valence-electron chi connectivity index (χ4n) is 7.71. The van der Waals surface area contributed by atoms with Gasteiger partial charge >= 0.3 is 5.69 Å². The maximum absolute atomic E-state index is 14.0. The number of rotatable bonds is 13. The molecule has 2 aliphatic rings. The summed E-state index contributed by atoms with van der Waals surface area (Å²) in [6, 6.07) is 24.3. The van der Waals surface area contributed by atoms with Gasteiger partial charge in [-0.1, -0.05) is 81.4 Å². The Balaban J connectivity index is 1.10. The zero-order chi connectivity index (χ0) is 37.6. The van der Waals surface area contributed by atoms with Crippen LogP contribution in [0, 0.1) is 16.0 Å². The molecule has 2 N–H and O–H groups in total. The van der Waals surface area contributed by atoms with Crippen LogP contribution >= 0.6 is 0 Å². The summed E-state index contributed by atoms with van der Waals surface area (Å²) < 4.78 is 42.2. The number of nitrogens with one attached hydrogen (secondary N) is 2. The minimum absolute atomic E-state index is 0.0216. The SMILES string of the molecule is COc1ncccc1Nc1ncc([N+](=O)[O-])c(N[C@H]2CC[C@H](CS(=O)(=O)N3CCCC(O[Si](c4ccccc4)(c4ccccc4)C(C)(C)C)C3)CC2)n1. The van der Waals surface area contributed by atoms with Gasteiger partial charge < -0.3 is 19.8 Å². The van der Waals surface area contributed by atoms with E-state index in [1.807, 2.05) is 12.1 Å². The van der Waals surface area contributed by atoms with Crippen molar-refractivity contribution in [2.45, 2.75) is 76.5 Å². The molecule has 1 aliphatic heterocycles. The first-order valence-electron chi connectivity index (χ1n) is 18.2. The Labute approximate surface area is 312 Å². The van der Waals surface area contributed by atoms with E-state index in [9.17, 15) is 18.5 Å². The van der Waals surface area contributed by atoms with Gasteiger partial charge in [0.15, 0.2) is 0 Å². The van der Waals surface area contributed by atoms with E-state index in [1.54, 1.807) is 22.6 Å². The van der Waals surface area contributed by atoms with Crippen LogP contribution in [-0.2, 0) is 14.4 Å². The molecule has 282 valence electrons. The molecule has 53 heavy (non-hydrogen) atoms. The maximum atomic E-state index is 14.0. The highest BCUT2D eigenvalue weighted by atomic mass is 32.2. The van der Waals surface area contributed by atoms with Gasteiger partial charge in [0.25, 0.3) is 8.32 Å². The van der Waals surface area contributed by atoms with Crippen LogP contribution in [0.3, 0.4) is 0 Å². The van der Waals surface area contributed by atoms with Crippen molar-refractivity contribution in [3.63, 3.8) is 0 Å². The molecule has 6 rings (SSSR count). The van der Waals surface area contributed by atoms with Gasteiger partial charge in [-0.25, -0.2) is 18.4 Å². The molecule has 2 aromatic carbocycles. The van der Waals surface area contributed by atoms with Crippen LogP contribution in [0.4, 0.5) is 23.1 Å². The smallest absolute Gasteiger partial charge is 0.329 e. The lowest BCUT2D eigenvalue weighted by Crippen LogP contribution is -2.68. The Morgan fingerprint density at radius 3 is 2.21 bits per heavy atom. The minimum Gasteiger partial charge on any atom is -0.480 e. The molecular formula is C38H49N7O6SSi. The molecule has 3 heterocycles. The van der Waals surface area contributed by atoms with Gasteiger partial charge in [0.2, 0.25) is 27.7 Å². The highest BCUT2D eigenvalue weighted by Crippen LogP contribution is 2.39. The Morgan fingerprint density at radius 1 is 0.943 bits per heavy atom. The maximum Gasteiger partial charge on any atom is 0.329 e. The number of ether oxygens (including phenoxy) is 1. The molecule has 2 aromatic heterocycles. The van der Waals surface area contributed by atoms with Gasteiger partial charge in [0, 0.05) is 25.3 Å². The number of sulfonamides is 1. The number of benzene rings is 2. The lowest BCUT2D eigenvalue weighted by atomic mass is 9.87. The number of hydrogen-bond donors (Lipinski definition) is 2. The van der Waals surface area contributed by atoms with Crippen molar-refractivity contribution >= 4 is 51.9 Å². The van der Waals surface area contributed by atoms with Gasteiger partial charge in [0.05, 0.1) is 23.9 Å². The average molecular weight is 760 g/mol. The number of nitrogens with zero attached hydrogens (tertiary/aromatic N) is 5. The molecular weight excluding hydrogens is 711 g/mol. The monoisotopic (exact) mass is 759 g/mol. The molecule has 1 unspecified atom stereocenters. The molecule has 1 aliphatic carbocycles. The summed E-state index contributed by atoms with van der Waals surface area (Å²) in [7, 11) is -4.90. The summed E-state index contributed by atoms with van der Waals surface area (Å²) in [5, 5.41) is 20.3. The summed E-state index contributed by atoms with van der Waals surface area (Å²) in [6.07, 6.45) is 6.71. The predicted molar refractivity (Wildman–Crippen MR) is 209 cm³/mol. The van der Waals surface area contributed by atoms with Crippen LogP contribution in [0.1, 0.15) is 59.3 Å². The highest BCUT2D eigenvalue weighted by molar-refractivity contribution is 7.89. The molecule has 1 saturated carbocycles. The van der Waals surface area contributed by atoms with Crippen molar-refractivity contribution in [3.05, 3.63) is 95.3 Å². The topological polar surface area (TPSA) is 162 Å².